The number of hydrogen-bond donors (Lipinski definition) is 3. The Morgan fingerprint density at radius 1 is 0.444 bits per heavy atom. The first-order valence-electron chi connectivity index (χ1n) is 16.2. The van der Waals surface area contributed by atoms with Gasteiger partial charge in [0.1, 0.15) is 0 Å². The zero-order chi connectivity index (χ0) is 28.4. The highest BCUT2D eigenvalue weighted by atomic mass is 16.3. The van der Waals surface area contributed by atoms with Crippen LogP contribution in [-0.2, 0) is 0 Å². The number of rotatable bonds is 23. The molecule has 0 aliphatic heterocycles. The Morgan fingerprint density at radius 2 is 0.722 bits per heavy atom. The topological polar surface area (TPSA) is 66.5 Å². The Morgan fingerprint density at radius 3 is 1.06 bits per heavy atom. The van der Waals surface area contributed by atoms with Gasteiger partial charge in [-0.1, -0.05) is 156 Å². The number of unbranched alkanes of at least 4 members (excludes halogenated alkanes) is 19. The highest BCUT2D eigenvalue weighted by Gasteiger charge is 1.92. The summed E-state index contributed by atoms with van der Waals surface area (Å²) in [5.41, 5.74) is 5.44. The largest absolute Gasteiger partial charge is 0.400 e. The van der Waals surface area contributed by atoms with Crippen LogP contribution in [0.3, 0.4) is 0 Å². The Kier molecular flexibility index (Phi) is 75.4. The second kappa shape index (κ2) is 59.6. The van der Waals surface area contributed by atoms with Crippen LogP contribution in [-0.4, -0.2) is 30.5 Å². The Balaban J connectivity index is -0.000000148. The molecule has 3 nitrogen and oxygen atoms in total. The van der Waals surface area contributed by atoms with Gasteiger partial charge < -0.3 is 15.9 Å². The molecule has 0 spiro atoms. The van der Waals surface area contributed by atoms with Gasteiger partial charge in [-0.05, 0) is 45.1 Å². The maximum atomic E-state index is 8.62. The average Bonchev–Trinajstić information content (AvgIpc) is 2.94. The monoisotopic (exact) mass is 518 g/mol. The van der Waals surface area contributed by atoms with Crippen molar-refractivity contribution in [3.8, 4) is 0 Å². The van der Waals surface area contributed by atoms with Gasteiger partial charge in [-0.25, -0.2) is 0 Å². The third-order valence-corrected chi connectivity index (χ3v) is 5.73. The van der Waals surface area contributed by atoms with E-state index in [2.05, 4.69) is 26.0 Å². The molecule has 0 fully saturated rings. The number of allylic oxidation sites excluding steroid dienone is 2. The maximum Gasteiger partial charge on any atom is 0.0431 e. The van der Waals surface area contributed by atoms with Crippen LogP contribution in [0.1, 0.15) is 183 Å². The van der Waals surface area contributed by atoms with Crippen molar-refractivity contribution in [2.24, 2.45) is 5.73 Å². The molecule has 36 heavy (non-hydrogen) atoms. The maximum absolute atomic E-state index is 8.62. The summed E-state index contributed by atoms with van der Waals surface area (Å²) in [4.78, 5) is 0. The molecule has 0 heterocycles. The van der Waals surface area contributed by atoms with Crippen molar-refractivity contribution in [2.45, 2.75) is 183 Å². The molecule has 0 aliphatic rings. The number of nitrogens with two attached hydrogens (primary N) is 1. The van der Waals surface area contributed by atoms with Gasteiger partial charge >= 0.3 is 0 Å². The molecule has 0 unspecified atom stereocenters. The number of aliphatic hydroxyl groups is 2. The first kappa shape index (κ1) is 45.5. The van der Waals surface area contributed by atoms with Crippen molar-refractivity contribution in [2.75, 3.05) is 20.3 Å². The van der Waals surface area contributed by atoms with E-state index >= 15 is 0 Å². The van der Waals surface area contributed by atoms with Crippen LogP contribution in [0.15, 0.2) is 12.2 Å². The van der Waals surface area contributed by atoms with E-state index in [1.165, 1.54) is 135 Å². The Labute approximate surface area is 231 Å². The minimum atomic E-state index is 0.359. The predicted molar refractivity (Wildman–Crippen MR) is 169 cm³/mol. The number of hydrogen-bond acceptors (Lipinski definition) is 3. The normalized spacial score (nSPS) is 9.72. The Bertz CT molecular complexity index is 283. The average molecular weight is 518 g/mol. The van der Waals surface area contributed by atoms with E-state index < -0.39 is 0 Å². The molecule has 0 saturated carbocycles. The van der Waals surface area contributed by atoms with Gasteiger partial charge in [0.25, 0.3) is 0 Å². The SMILES string of the molecule is CC.CC.CCCCCCC=CCCCCCCCO.CCCCCCCCCCCCCN.CO. The van der Waals surface area contributed by atoms with Gasteiger partial charge in [0, 0.05) is 13.7 Å². The van der Waals surface area contributed by atoms with E-state index in [1.807, 2.05) is 27.7 Å². The van der Waals surface area contributed by atoms with Gasteiger partial charge in [0.05, 0.1) is 0 Å². The van der Waals surface area contributed by atoms with E-state index in [9.17, 15) is 0 Å². The van der Waals surface area contributed by atoms with Gasteiger partial charge in [-0.2, -0.15) is 0 Å². The minimum Gasteiger partial charge on any atom is -0.400 e. The Hall–Kier alpha value is -0.380. The lowest BCUT2D eigenvalue weighted by Crippen LogP contribution is -1.97. The summed E-state index contributed by atoms with van der Waals surface area (Å²) in [6.07, 6.45) is 34.2. The van der Waals surface area contributed by atoms with Crippen LogP contribution < -0.4 is 5.73 Å². The lowest BCUT2D eigenvalue weighted by Gasteiger charge is -2.01. The first-order valence-corrected chi connectivity index (χ1v) is 16.2. The fourth-order valence-electron chi connectivity index (χ4n) is 3.64. The molecule has 0 aromatic carbocycles. The molecular weight excluding hydrogens is 442 g/mol. The van der Waals surface area contributed by atoms with Gasteiger partial charge in [0.15, 0.2) is 0 Å². The summed E-state index contributed by atoms with van der Waals surface area (Å²) in [7, 11) is 1.00. The molecule has 0 radical (unpaired) electrons. The van der Waals surface area contributed by atoms with E-state index in [-0.39, 0.29) is 0 Å². The van der Waals surface area contributed by atoms with Gasteiger partial charge in [-0.3, -0.25) is 0 Å². The van der Waals surface area contributed by atoms with Gasteiger partial charge in [0.2, 0.25) is 0 Å². The second-order valence-electron chi connectivity index (χ2n) is 8.92. The minimum absolute atomic E-state index is 0.359. The fraction of sp³-hybridized carbons (Fsp3) is 0.939. The molecule has 0 bridgehead atoms. The third kappa shape index (κ3) is 64.1. The van der Waals surface area contributed by atoms with Crippen LogP contribution in [0, 0.1) is 0 Å². The first-order chi connectivity index (χ1) is 17.8. The summed E-state index contributed by atoms with van der Waals surface area (Å²) < 4.78 is 0. The molecule has 0 atom stereocenters. The molecule has 0 amide bonds. The van der Waals surface area contributed by atoms with E-state index in [1.54, 1.807) is 0 Å². The lowest BCUT2D eigenvalue weighted by atomic mass is 10.1. The fourth-order valence-corrected chi connectivity index (χ4v) is 3.64. The van der Waals surface area contributed by atoms with E-state index in [4.69, 9.17) is 15.9 Å². The van der Waals surface area contributed by atoms with E-state index in [0.717, 1.165) is 20.1 Å². The summed E-state index contributed by atoms with van der Waals surface area (Å²) in [6.45, 7) is 13.8. The molecule has 3 heteroatoms. The summed E-state index contributed by atoms with van der Waals surface area (Å²) in [6, 6.07) is 0. The number of aliphatic hydroxyl groups excluding tert-OH is 2. The smallest absolute Gasteiger partial charge is 0.0431 e. The van der Waals surface area contributed by atoms with Crippen LogP contribution in [0.5, 0.6) is 0 Å². The molecule has 0 aromatic heterocycles. The standard InChI is InChI=1S/C15H30O.C13H29N.2C2H6.CH4O/c1-2-3-4-5-6-7-8-9-10-11-12-13-14-15-16;1-2-3-4-5-6-7-8-9-10-11-12-13-14;3*1-2/h7-8,16H,2-6,9-15H2,1H3;2-14H2,1H3;2*1-2H3;2H,1H3. The summed E-state index contributed by atoms with van der Waals surface area (Å²) in [5.74, 6) is 0. The van der Waals surface area contributed by atoms with E-state index in [0.29, 0.717) is 6.61 Å². The van der Waals surface area contributed by atoms with Gasteiger partial charge in [-0.15, -0.1) is 0 Å². The van der Waals surface area contributed by atoms with Crippen LogP contribution in [0.25, 0.3) is 0 Å². The van der Waals surface area contributed by atoms with Crippen molar-refractivity contribution in [3.63, 3.8) is 0 Å². The molecule has 4 N–H and O–H groups in total. The van der Waals surface area contributed by atoms with Crippen LogP contribution in [0.2, 0.25) is 0 Å². The predicted octanol–water partition coefficient (Wildman–Crippen LogP) is 10.8. The van der Waals surface area contributed by atoms with Crippen molar-refractivity contribution in [1.82, 2.24) is 0 Å². The highest BCUT2D eigenvalue weighted by molar-refractivity contribution is 4.81. The lowest BCUT2D eigenvalue weighted by molar-refractivity contribution is 0.282. The van der Waals surface area contributed by atoms with Crippen molar-refractivity contribution in [1.29, 1.82) is 0 Å². The zero-order valence-electron chi connectivity index (χ0n) is 26.6. The molecule has 0 rings (SSSR count). The molecule has 0 aliphatic carbocycles. The molecule has 0 saturated heterocycles. The highest BCUT2D eigenvalue weighted by Crippen LogP contribution is 2.11. The van der Waals surface area contributed by atoms with Crippen molar-refractivity contribution >= 4 is 0 Å². The van der Waals surface area contributed by atoms with Crippen LogP contribution in [0.4, 0.5) is 0 Å². The summed E-state index contributed by atoms with van der Waals surface area (Å²) >= 11 is 0. The zero-order valence-corrected chi connectivity index (χ0v) is 26.6. The quantitative estimate of drug-likeness (QED) is 0.0932. The van der Waals surface area contributed by atoms with Crippen LogP contribution >= 0.6 is 0 Å². The molecular formula is C33H75NO2. The van der Waals surface area contributed by atoms with Crippen molar-refractivity contribution < 1.29 is 10.2 Å². The summed E-state index contributed by atoms with van der Waals surface area (Å²) in [5, 5.41) is 15.6. The third-order valence-electron chi connectivity index (χ3n) is 5.73. The molecule has 224 valence electrons. The van der Waals surface area contributed by atoms with Crippen molar-refractivity contribution in [3.05, 3.63) is 12.2 Å². The molecule has 0 aromatic rings. The second-order valence-corrected chi connectivity index (χ2v) is 8.92.